The lowest BCUT2D eigenvalue weighted by Gasteiger charge is -2.28. The van der Waals surface area contributed by atoms with Crippen LogP contribution in [-0.4, -0.2) is 80.2 Å². The lowest BCUT2D eigenvalue weighted by Crippen LogP contribution is -2.41. The Hall–Kier alpha value is -2.46. The first kappa shape index (κ1) is 26.6. The second-order valence-electron chi connectivity index (χ2n) is 8.63. The number of fused-ring (bicyclic) bond motifs is 1. The molecule has 1 unspecified atom stereocenters. The maximum absolute atomic E-state index is 13.8. The van der Waals surface area contributed by atoms with Crippen molar-refractivity contribution in [3.63, 3.8) is 0 Å². The number of amides is 2. The number of nitrogens with zero attached hydrogens (tertiary/aromatic N) is 2. The molecule has 1 atom stereocenters. The minimum absolute atomic E-state index is 0.151. The van der Waals surface area contributed by atoms with Crippen molar-refractivity contribution in [2.24, 2.45) is 0 Å². The summed E-state index contributed by atoms with van der Waals surface area (Å²) in [5.74, 6) is 1.66. The van der Waals surface area contributed by atoms with Gasteiger partial charge in [-0.2, -0.15) is 11.8 Å². The van der Waals surface area contributed by atoms with Crippen LogP contribution >= 0.6 is 23.4 Å². The quantitative estimate of drug-likeness (QED) is 0.493. The van der Waals surface area contributed by atoms with E-state index in [1.165, 1.54) is 0 Å². The number of thioether (sulfide) groups is 1. The van der Waals surface area contributed by atoms with Crippen LogP contribution in [0.5, 0.6) is 11.5 Å². The average molecular weight is 534 g/mol. The van der Waals surface area contributed by atoms with Crippen LogP contribution in [0.1, 0.15) is 34.5 Å². The number of carbonyl (C=O) groups is 2. The molecule has 0 radical (unpaired) electrons. The third-order valence-corrected chi connectivity index (χ3v) is 7.38. The summed E-state index contributed by atoms with van der Waals surface area (Å²) >= 11 is 8.20. The van der Waals surface area contributed by atoms with Gasteiger partial charge in [-0.3, -0.25) is 14.5 Å². The van der Waals surface area contributed by atoms with E-state index in [-0.39, 0.29) is 24.4 Å². The van der Waals surface area contributed by atoms with Crippen molar-refractivity contribution >= 4 is 40.9 Å². The van der Waals surface area contributed by atoms with Crippen LogP contribution in [0.4, 0.5) is 5.69 Å². The average Bonchev–Trinajstić information content (AvgIpc) is 3.23. The minimum Gasteiger partial charge on any atom is -0.493 e. The number of morpholine rings is 1. The Balaban J connectivity index is 1.60. The molecule has 2 aliphatic rings. The normalized spacial score (nSPS) is 16.6. The van der Waals surface area contributed by atoms with E-state index >= 15 is 0 Å². The topological polar surface area (TPSA) is 80.3 Å². The van der Waals surface area contributed by atoms with Crippen molar-refractivity contribution < 1.29 is 23.8 Å². The van der Waals surface area contributed by atoms with Gasteiger partial charge < -0.3 is 24.4 Å². The first-order chi connectivity index (χ1) is 17.5. The van der Waals surface area contributed by atoms with E-state index in [9.17, 15) is 9.59 Å². The first-order valence-corrected chi connectivity index (χ1v) is 13.8. The van der Waals surface area contributed by atoms with Crippen LogP contribution in [0.15, 0.2) is 30.3 Å². The molecule has 2 aromatic rings. The second kappa shape index (κ2) is 12.2. The Morgan fingerprint density at radius 3 is 2.69 bits per heavy atom. The Kier molecular flexibility index (Phi) is 9.00. The molecule has 194 valence electrons. The van der Waals surface area contributed by atoms with E-state index in [0.717, 1.165) is 11.1 Å². The van der Waals surface area contributed by atoms with Gasteiger partial charge in [0.25, 0.3) is 5.91 Å². The summed E-state index contributed by atoms with van der Waals surface area (Å²) in [5.41, 5.74) is 2.63. The van der Waals surface area contributed by atoms with Gasteiger partial charge in [0.05, 0.1) is 50.8 Å². The fourth-order valence-corrected chi connectivity index (χ4v) is 5.51. The lowest BCUT2D eigenvalue weighted by molar-refractivity contribution is -0.118. The highest BCUT2D eigenvalue weighted by atomic mass is 35.5. The van der Waals surface area contributed by atoms with Gasteiger partial charge in [-0.1, -0.05) is 17.7 Å². The van der Waals surface area contributed by atoms with Crippen LogP contribution in [0.2, 0.25) is 5.02 Å². The van der Waals surface area contributed by atoms with Crippen LogP contribution in [-0.2, 0) is 16.1 Å². The number of anilines is 1. The number of hydrogen-bond acceptors (Lipinski definition) is 7. The summed E-state index contributed by atoms with van der Waals surface area (Å²) in [6, 6.07) is 9.01. The summed E-state index contributed by atoms with van der Waals surface area (Å²) in [6.45, 7) is 5.69. The number of methoxy groups -OCH3 is 1. The molecule has 2 amide bonds. The van der Waals surface area contributed by atoms with Gasteiger partial charge in [0.1, 0.15) is 0 Å². The van der Waals surface area contributed by atoms with Crippen molar-refractivity contribution in [3.8, 4) is 11.5 Å². The smallest absolute Gasteiger partial charge is 0.257 e. The third kappa shape index (κ3) is 5.75. The van der Waals surface area contributed by atoms with Gasteiger partial charge in [0.15, 0.2) is 11.5 Å². The van der Waals surface area contributed by atoms with E-state index in [2.05, 4.69) is 5.32 Å². The van der Waals surface area contributed by atoms with E-state index in [1.807, 2.05) is 41.2 Å². The zero-order chi connectivity index (χ0) is 25.7. The molecule has 1 N–H and O–H groups in total. The zero-order valence-corrected chi connectivity index (χ0v) is 22.4. The molecule has 2 aromatic carbocycles. The van der Waals surface area contributed by atoms with Crippen molar-refractivity contribution in [2.75, 3.05) is 63.9 Å². The maximum atomic E-state index is 13.8. The molecule has 8 nitrogen and oxygen atoms in total. The molecule has 36 heavy (non-hydrogen) atoms. The molecular formula is C26H32ClN3O5S. The van der Waals surface area contributed by atoms with E-state index in [4.69, 9.17) is 25.8 Å². The molecule has 0 saturated carbocycles. The van der Waals surface area contributed by atoms with E-state index in [0.29, 0.717) is 73.0 Å². The summed E-state index contributed by atoms with van der Waals surface area (Å²) in [7, 11) is 1.61. The standard InChI is InChI=1S/C26H32ClN3O5S/c1-4-35-23-13-17(5-8-22(23)33-2)21(16-36-3)30-14-18-19(27)6-7-20(25(18)26(30)32)28-24(31)15-29-9-11-34-12-10-29/h5-8,13,21H,4,9-12,14-16H2,1-3H3,(H,28,31). The fraction of sp³-hybridized carbons (Fsp3) is 0.462. The van der Waals surface area contributed by atoms with E-state index in [1.54, 1.807) is 31.0 Å². The summed E-state index contributed by atoms with van der Waals surface area (Å²) in [6.07, 6.45) is 2.01. The highest BCUT2D eigenvalue weighted by Gasteiger charge is 2.37. The molecule has 0 spiro atoms. The molecule has 1 fully saturated rings. The van der Waals surface area contributed by atoms with Gasteiger partial charge >= 0.3 is 0 Å². The highest BCUT2D eigenvalue weighted by molar-refractivity contribution is 7.98. The largest absolute Gasteiger partial charge is 0.493 e. The van der Waals surface area contributed by atoms with Gasteiger partial charge in [-0.25, -0.2) is 0 Å². The monoisotopic (exact) mass is 533 g/mol. The Morgan fingerprint density at radius 2 is 2.00 bits per heavy atom. The second-order valence-corrected chi connectivity index (χ2v) is 9.95. The Labute approximate surface area is 221 Å². The summed E-state index contributed by atoms with van der Waals surface area (Å²) < 4.78 is 16.6. The predicted molar refractivity (Wildman–Crippen MR) is 143 cm³/mol. The van der Waals surface area contributed by atoms with Crippen molar-refractivity contribution in [1.29, 1.82) is 0 Å². The number of ether oxygens (including phenoxy) is 3. The van der Waals surface area contributed by atoms with Gasteiger partial charge in [-0.05, 0) is 43.0 Å². The number of rotatable bonds is 10. The lowest BCUT2D eigenvalue weighted by atomic mass is 10.1. The number of carbonyl (C=O) groups excluding carboxylic acids is 2. The van der Waals surface area contributed by atoms with Crippen LogP contribution < -0.4 is 14.8 Å². The molecule has 1 saturated heterocycles. The predicted octanol–water partition coefficient (Wildman–Crippen LogP) is 4.08. The van der Waals surface area contributed by atoms with Crippen LogP contribution in [0.3, 0.4) is 0 Å². The van der Waals surface area contributed by atoms with E-state index < -0.39 is 0 Å². The summed E-state index contributed by atoms with van der Waals surface area (Å²) in [5, 5.41) is 3.46. The number of benzene rings is 2. The van der Waals surface area contributed by atoms with Gasteiger partial charge in [0, 0.05) is 36.0 Å². The fourth-order valence-electron chi connectivity index (χ4n) is 4.61. The zero-order valence-electron chi connectivity index (χ0n) is 20.8. The number of hydrogen-bond donors (Lipinski definition) is 1. The van der Waals surface area contributed by atoms with Crippen LogP contribution in [0, 0.1) is 0 Å². The minimum atomic E-state index is -0.210. The van der Waals surface area contributed by atoms with Crippen molar-refractivity contribution in [1.82, 2.24) is 9.80 Å². The molecule has 4 rings (SSSR count). The molecular weight excluding hydrogens is 502 g/mol. The van der Waals surface area contributed by atoms with Gasteiger partial charge in [0.2, 0.25) is 5.91 Å². The third-order valence-electron chi connectivity index (χ3n) is 6.38. The molecule has 10 heteroatoms. The Bertz CT molecular complexity index is 1110. The SMILES string of the molecule is CCOc1cc(C(CSC)N2Cc3c(Cl)ccc(NC(=O)CN4CCOCC4)c3C2=O)ccc1OC. The molecule has 0 aliphatic carbocycles. The molecule has 0 aromatic heterocycles. The number of halogens is 1. The molecule has 2 aliphatic heterocycles. The van der Waals surface area contributed by atoms with Crippen molar-refractivity contribution in [2.45, 2.75) is 19.5 Å². The van der Waals surface area contributed by atoms with Gasteiger partial charge in [-0.15, -0.1) is 0 Å². The molecule has 0 bridgehead atoms. The summed E-state index contributed by atoms with van der Waals surface area (Å²) in [4.78, 5) is 30.4. The highest BCUT2D eigenvalue weighted by Crippen LogP contribution is 2.41. The van der Waals surface area contributed by atoms with Crippen LogP contribution in [0.25, 0.3) is 0 Å². The van der Waals surface area contributed by atoms with Crippen molar-refractivity contribution in [3.05, 3.63) is 52.0 Å². The number of nitrogens with one attached hydrogen (secondary N) is 1. The first-order valence-electron chi connectivity index (χ1n) is 12.0. The maximum Gasteiger partial charge on any atom is 0.257 e. The Morgan fingerprint density at radius 1 is 1.22 bits per heavy atom. The molecule has 2 heterocycles.